The van der Waals surface area contributed by atoms with Crippen LogP contribution in [0.1, 0.15) is 19.3 Å². The minimum Gasteiger partial charge on any atom is -0.467 e. The molecule has 1 saturated heterocycles. The van der Waals surface area contributed by atoms with Crippen LogP contribution in [0.3, 0.4) is 0 Å². The van der Waals surface area contributed by atoms with Gasteiger partial charge in [0, 0.05) is 6.42 Å². The Bertz CT molecular complexity index is 228. The predicted octanol–water partition coefficient (Wildman–Crippen LogP) is -0.809. The van der Waals surface area contributed by atoms with Crippen molar-refractivity contribution in [2.24, 2.45) is 0 Å². The van der Waals surface area contributed by atoms with Crippen LogP contribution in [0.15, 0.2) is 0 Å². The highest BCUT2D eigenvalue weighted by Crippen LogP contribution is 2.20. The molecule has 0 bridgehead atoms. The van der Waals surface area contributed by atoms with E-state index in [1.54, 1.807) is 0 Å². The van der Waals surface area contributed by atoms with Gasteiger partial charge in [0.05, 0.1) is 13.7 Å². The topological polar surface area (TPSA) is 75.6 Å². The summed E-state index contributed by atoms with van der Waals surface area (Å²) in [7, 11) is 1.24. The van der Waals surface area contributed by atoms with E-state index in [4.69, 9.17) is 5.11 Å². The van der Waals surface area contributed by atoms with Crippen LogP contribution < -0.4 is 5.32 Å². The highest BCUT2D eigenvalue weighted by molar-refractivity contribution is 5.89. The quantitative estimate of drug-likeness (QED) is 0.554. The van der Waals surface area contributed by atoms with Crippen LogP contribution in [-0.4, -0.2) is 36.2 Å². The van der Waals surface area contributed by atoms with E-state index < -0.39 is 18.1 Å². The molecule has 1 rings (SSSR count). The molecule has 0 radical (unpaired) electrons. The maximum atomic E-state index is 11.3. The first-order valence-corrected chi connectivity index (χ1v) is 4.15. The van der Waals surface area contributed by atoms with Gasteiger partial charge in [-0.15, -0.1) is 0 Å². The molecule has 1 atom stereocenters. The highest BCUT2D eigenvalue weighted by Gasteiger charge is 2.42. The van der Waals surface area contributed by atoms with Crippen molar-refractivity contribution < 1.29 is 19.4 Å². The van der Waals surface area contributed by atoms with Crippen molar-refractivity contribution >= 4 is 11.9 Å². The van der Waals surface area contributed by atoms with Gasteiger partial charge in [-0.1, -0.05) is 0 Å². The lowest BCUT2D eigenvalue weighted by atomic mass is 9.89. The number of amides is 1. The molecule has 0 aromatic rings. The largest absolute Gasteiger partial charge is 0.467 e. The van der Waals surface area contributed by atoms with E-state index in [1.807, 2.05) is 0 Å². The molecule has 0 aromatic heterocycles. The van der Waals surface area contributed by atoms with Gasteiger partial charge in [0.25, 0.3) is 0 Å². The Morgan fingerprint density at radius 1 is 1.77 bits per heavy atom. The molecular formula is C8H13NO4. The predicted molar refractivity (Wildman–Crippen MR) is 43.8 cm³/mol. The first kappa shape index (κ1) is 9.98. The Labute approximate surface area is 76.1 Å². The zero-order valence-corrected chi connectivity index (χ0v) is 7.50. The van der Waals surface area contributed by atoms with Crippen molar-refractivity contribution in [3.05, 3.63) is 0 Å². The molecule has 1 aliphatic rings. The molecule has 1 heterocycles. The number of rotatable bonds is 2. The number of aliphatic hydroxyl groups is 1. The van der Waals surface area contributed by atoms with Crippen molar-refractivity contribution in [1.29, 1.82) is 0 Å². The van der Waals surface area contributed by atoms with Crippen molar-refractivity contribution in [1.82, 2.24) is 5.32 Å². The van der Waals surface area contributed by atoms with Crippen LogP contribution in [0.2, 0.25) is 0 Å². The monoisotopic (exact) mass is 187 g/mol. The van der Waals surface area contributed by atoms with Gasteiger partial charge in [-0.05, 0) is 12.8 Å². The van der Waals surface area contributed by atoms with Crippen molar-refractivity contribution in [2.45, 2.75) is 24.8 Å². The second kappa shape index (κ2) is 3.74. The van der Waals surface area contributed by atoms with Gasteiger partial charge in [-0.25, -0.2) is 4.79 Å². The lowest BCUT2D eigenvalue weighted by Crippen LogP contribution is -2.59. The summed E-state index contributed by atoms with van der Waals surface area (Å²) in [5, 5.41) is 11.5. The number of carbonyl (C=O) groups excluding carboxylic acids is 2. The smallest absolute Gasteiger partial charge is 0.334 e. The fourth-order valence-electron chi connectivity index (χ4n) is 1.47. The molecule has 2 N–H and O–H groups in total. The molecule has 5 nitrogen and oxygen atoms in total. The molecule has 0 spiro atoms. The van der Waals surface area contributed by atoms with Crippen LogP contribution in [0, 0.1) is 0 Å². The number of nitrogens with one attached hydrogen (secondary N) is 1. The third-order valence-electron chi connectivity index (χ3n) is 2.23. The minimum atomic E-state index is -1.20. The minimum absolute atomic E-state index is 0.217. The molecule has 5 heteroatoms. The van der Waals surface area contributed by atoms with Crippen LogP contribution >= 0.6 is 0 Å². The number of esters is 1. The molecule has 0 aromatic carbocycles. The van der Waals surface area contributed by atoms with Gasteiger partial charge >= 0.3 is 5.97 Å². The summed E-state index contributed by atoms with van der Waals surface area (Å²) in [6, 6.07) is 0. The molecule has 13 heavy (non-hydrogen) atoms. The van der Waals surface area contributed by atoms with E-state index in [-0.39, 0.29) is 5.91 Å². The Hall–Kier alpha value is -1.10. The van der Waals surface area contributed by atoms with Gasteiger partial charge in [0.1, 0.15) is 0 Å². The second-order valence-corrected chi connectivity index (χ2v) is 3.13. The number of methoxy groups -OCH3 is 1. The average Bonchev–Trinajstić information content (AvgIpc) is 2.16. The molecule has 74 valence electrons. The normalized spacial score (nSPS) is 28.0. The van der Waals surface area contributed by atoms with Gasteiger partial charge in [0.2, 0.25) is 5.91 Å². The summed E-state index contributed by atoms with van der Waals surface area (Å²) >= 11 is 0. The third kappa shape index (κ3) is 1.80. The van der Waals surface area contributed by atoms with E-state index in [1.165, 1.54) is 7.11 Å². The highest BCUT2D eigenvalue weighted by atomic mass is 16.5. The van der Waals surface area contributed by atoms with Crippen molar-refractivity contribution in [3.63, 3.8) is 0 Å². The molecule has 1 fully saturated rings. The SMILES string of the molecule is COC(=O)[C@@]1(CO)CCCC(=O)N1. The lowest BCUT2D eigenvalue weighted by molar-refractivity contribution is -0.155. The van der Waals surface area contributed by atoms with Gasteiger partial charge in [0.15, 0.2) is 5.54 Å². The zero-order chi connectivity index (χ0) is 9.90. The molecule has 0 unspecified atom stereocenters. The van der Waals surface area contributed by atoms with E-state index in [0.717, 1.165) is 0 Å². The Morgan fingerprint density at radius 2 is 2.46 bits per heavy atom. The molecule has 1 amide bonds. The van der Waals surface area contributed by atoms with Gasteiger partial charge in [-0.2, -0.15) is 0 Å². The van der Waals surface area contributed by atoms with E-state index in [9.17, 15) is 9.59 Å². The Morgan fingerprint density at radius 3 is 2.92 bits per heavy atom. The number of hydrogen-bond donors (Lipinski definition) is 2. The summed E-state index contributed by atoms with van der Waals surface area (Å²) in [6.45, 7) is -0.411. The summed E-state index contributed by atoms with van der Waals surface area (Å²) < 4.78 is 4.52. The number of piperidine rings is 1. The van der Waals surface area contributed by atoms with Crippen LogP contribution in [0.25, 0.3) is 0 Å². The molecule has 0 saturated carbocycles. The zero-order valence-electron chi connectivity index (χ0n) is 7.50. The van der Waals surface area contributed by atoms with Crippen LogP contribution in [0.5, 0.6) is 0 Å². The summed E-state index contributed by atoms with van der Waals surface area (Å²) in [4.78, 5) is 22.3. The second-order valence-electron chi connectivity index (χ2n) is 3.13. The van der Waals surface area contributed by atoms with Crippen LogP contribution in [-0.2, 0) is 14.3 Å². The maximum Gasteiger partial charge on any atom is 0.334 e. The fourth-order valence-corrected chi connectivity index (χ4v) is 1.47. The summed E-state index contributed by atoms with van der Waals surface area (Å²) in [6.07, 6.45) is 1.43. The average molecular weight is 187 g/mol. The number of carbonyl (C=O) groups is 2. The Balaban J connectivity index is 2.78. The van der Waals surface area contributed by atoms with Crippen LogP contribution in [0.4, 0.5) is 0 Å². The number of ether oxygens (including phenoxy) is 1. The lowest BCUT2D eigenvalue weighted by Gasteiger charge is -2.33. The first-order chi connectivity index (χ1) is 6.14. The van der Waals surface area contributed by atoms with Gasteiger partial charge in [-0.3, -0.25) is 4.79 Å². The molecule has 0 aliphatic carbocycles. The third-order valence-corrected chi connectivity index (χ3v) is 2.23. The summed E-state index contributed by atoms with van der Waals surface area (Å²) in [5.41, 5.74) is -1.20. The molecule has 1 aliphatic heterocycles. The number of aliphatic hydroxyl groups excluding tert-OH is 1. The maximum absolute atomic E-state index is 11.3. The van der Waals surface area contributed by atoms with Crippen molar-refractivity contribution in [2.75, 3.05) is 13.7 Å². The summed E-state index contributed by atoms with van der Waals surface area (Å²) in [5.74, 6) is -0.797. The number of hydrogen-bond acceptors (Lipinski definition) is 4. The Kier molecular flexibility index (Phi) is 2.87. The van der Waals surface area contributed by atoms with E-state index >= 15 is 0 Å². The van der Waals surface area contributed by atoms with E-state index in [0.29, 0.717) is 19.3 Å². The van der Waals surface area contributed by atoms with Gasteiger partial charge < -0.3 is 15.2 Å². The standard InChI is InChI=1S/C8H13NO4/c1-13-7(12)8(5-10)4-2-3-6(11)9-8/h10H,2-5H2,1H3,(H,9,11)/t8-/m0/s1. The molecular weight excluding hydrogens is 174 g/mol. The van der Waals surface area contributed by atoms with E-state index in [2.05, 4.69) is 10.1 Å². The first-order valence-electron chi connectivity index (χ1n) is 4.15. The van der Waals surface area contributed by atoms with Crippen molar-refractivity contribution in [3.8, 4) is 0 Å². The fraction of sp³-hybridized carbons (Fsp3) is 0.750.